The lowest BCUT2D eigenvalue weighted by Gasteiger charge is -2.15. The highest BCUT2D eigenvalue weighted by Crippen LogP contribution is 1.97. The van der Waals surface area contributed by atoms with E-state index in [0.717, 1.165) is 0 Å². The molecule has 78 valence electrons. The van der Waals surface area contributed by atoms with Gasteiger partial charge in [0.15, 0.2) is 0 Å². The number of carbonyl (C=O) groups is 1. The minimum absolute atomic E-state index is 0.0947. The van der Waals surface area contributed by atoms with E-state index in [1.165, 1.54) is 11.9 Å². The van der Waals surface area contributed by atoms with Gasteiger partial charge in [-0.2, -0.15) is 0 Å². The summed E-state index contributed by atoms with van der Waals surface area (Å²) >= 11 is 0. The molecule has 0 aliphatic rings. The van der Waals surface area contributed by atoms with Gasteiger partial charge in [-0.25, -0.2) is 8.78 Å². The van der Waals surface area contributed by atoms with Gasteiger partial charge >= 0.3 is 5.97 Å². The zero-order valence-corrected chi connectivity index (χ0v) is 8.09. The van der Waals surface area contributed by atoms with Gasteiger partial charge in [-0.15, -0.1) is 0 Å². The number of alkyl halides is 2. The first-order chi connectivity index (χ1) is 5.91. The molecule has 0 bridgehead atoms. The zero-order chi connectivity index (χ0) is 10.4. The molecule has 0 amide bonds. The maximum absolute atomic E-state index is 11.8. The highest BCUT2D eigenvalue weighted by Gasteiger charge is 2.12. The van der Waals surface area contributed by atoms with E-state index in [1.807, 2.05) is 0 Å². The maximum atomic E-state index is 11.8. The normalized spacial score (nSPS) is 11.4. The third-order valence-electron chi connectivity index (χ3n) is 1.22. The molecular formula is C8H15F2NO2. The van der Waals surface area contributed by atoms with E-state index in [0.29, 0.717) is 0 Å². The molecule has 0 heterocycles. The molecule has 0 aromatic rings. The third kappa shape index (κ3) is 7.64. The summed E-state index contributed by atoms with van der Waals surface area (Å²) in [7, 11) is 1.45. The van der Waals surface area contributed by atoms with Crippen LogP contribution in [-0.4, -0.2) is 43.5 Å². The number of hydrogen-bond acceptors (Lipinski definition) is 3. The van der Waals surface area contributed by atoms with E-state index >= 15 is 0 Å². The topological polar surface area (TPSA) is 29.5 Å². The van der Waals surface area contributed by atoms with Gasteiger partial charge < -0.3 is 4.74 Å². The second-order valence-electron chi connectivity index (χ2n) is 3.13. The molecule has 0 atom stereocenters. The Morgan fingerprint density at radius 2 is 2.00 bits per heavy atom. The van der Waals surface area contributed by atoms with Gasteiger partial charge in [-0.1, -0.05) is 0 Å². The molecule has 0 N–H and O–H groups in total. The summed E-state index contributed by atoms with van der Waals surface area (Å²) < 4.78 is 28.4. The first-order valence-electron chi connectivity index (χ1n) is 4.08. The fourth-order valence-corrected chi connectivity index (χ4v) is 0.821. The molecular weight excluding hydrogens is 180 g/mol. The fourth-order valence-electron chi connectivity index (χ4n) is 0.821. The number of halogens is 2. The molecule has 3 nitrogen and oxygen atoms in total. The third-order valence-corrected chi connectivity index (χ3v) is 1.22. The molecule has 0 aliphatic heterocycles. The molecule has 0 aromatic carbocycles. The Kier molecular flexibility index (Phi) is 5.53. The Hall–Kier alpha value is -0.710. The van der Waals surface area contributed by atoms with Crippen molar-refractivity contribution in [2.45, 2.75) is 26.4 Å². The second-order valence-corrected chi connectivity index (χ2v) is 3.13. The monoisotopic (exact) mass is 195 g/mol. The largest absolute Gasteiger partial charge is 0.462 e. The SMILES string of the molecule is CC(C)OC(=O)CN(C)CC(F)F. The Balaban J connectivity index is 3.65. The second kappa shape index (κ2) is 5.85. The zero-order valence-electron chi connectivity index (χ0n) is 8.09. The van der Waals surface area contributed by atoms with Crippen LogP contribution < -0.4 is 0 Å². The maximum Gasteiger partial charge on any atom is 0.320 e. The molecule has 0 spiro atoms. The van der Waals surface area contributed by atoms with E-state index in [2.05, 4.69) is 0 Å². The van der Waals surface area contributed by atoms with Gasteiger partial charge in [-0.3, -0.25) is 9.69 Å². The standard InChI is InChI=1S/C8H15F2NO2/c1-6(2)13-8(12)5-11(3)4-7(9)10/h6-7H,4-5H2,1-3H3. The van der Waals surface area contributed by atoms with Gasteiger partial charge in [0.1, 0.15) is 0 Å². The van der Waals surface area contributed by atoms with Crippen molar-refractivity contribution < 1.29 is 18.3 Å². The highest BCUT2D eigenvalue weighted by atomic mass is 19.3. The van der Waals surface area contributed by atoms with Crippen LogP contribution in [0.15, 0.2) is 0 Å². The predicted molar refractivity (Wildman–Crippen MR) is 44.7 cm³/mol. The molecule has 13 heavy (non-hydrogen) atoms. The van der Waals surface area contributed by atoms with E-state index in [9.17, 15) is 13.6 Å². The van der Waals surface area contributed by atoms with Crippen molar-refractivity contribution in [2.75, 3.05) is 20.1 Å². The summed E-state index contributed by atoms with van der Waals surface area (Å²) in [5, 5.41) is 0. The van der Waals surface area contributed by atoms with Crippen molar-refractivity contribution in [1.82, 2.24) is 4.90 Å². The van der Waals surface area contributed by atoms with Crippen LogP contribution in [0.2, 0.25) is 0 Å². The van der Waals surface area contributed by atoms with E-state index in [1.54, 1.807) is 13.8 Å². The molecule has 0 rings (SSSR count). The Labute approximate surface area is 76.7 Å². The Morgan fingerprint density at radius 1 is 1.46 bits per heavy atom. The van der Waals surface area contributed by atoms with Crippen molar-refractivity contribution in [1.29, 1.82) is 0 Å². The van der Waals surface area contributed by atoms with Gasteiger partial charge in [0, 0.05) is 0 Å². The van der Waals surface area contributed by atoms with Crippen LogP contribution in [0.25, 0.3) is 0 Å². The van der Waals surface area contributed by atoms with Crippen LogP contribution in [0.4, 0.5) is 8.78 Å². The molecule has 0 saturated carbocycles. The quantitative estimate of drug-likeness (QED) is 0.616. The van der Waals surface area contributed by atoms with E-state index in [-0.39, 0.29) is 12.6 Å². The summed E-state index contributed by atoms with van der Waals surface area (Å²) in [6, 6.07) is 0. The lowest BCUT2D eigenvalue weighted by molar-refractivity contribution is -0.148. The summed E-state index contributed by atoms with van der Waals surface area (Å²) in [5.41, 5.74) is 0. The van der Waals surface area contributed by atoms with Crippen molar-refractivity contribution in [3.05, 3.63) is 0 Å². The number of rotatable bonds is 5. The van der Waals surface area contributed by atoms with Crippen LogP contribution in [0, 0.1) is 0 Å². The summed E-state index contributed by atoms with van der Waals surface area (Å²) in [5.74, 6) is -0.474. The molecule has 0 radical (unpaired) electrons. The van der Waals surface area contributed by atoms with Crippen molar-refractivity contribution >= 4 is 5.97 Å². The summed E-state index contributed by atoms with van der Waals surface area (Å²) in [6.45, 7) is 2.92. The Bertz CT molecular complexity index is 162. The minimum Gasteiger partial charge on any atom is -0.462 e. The molecule has 0 unspecified atom stereocenters. The van der Waals surface area contributed by atoms with Crippen LogP contribution >= 0.6 is 0 Å². The highest BCUT2D eigenvalue weighted by molar-refractivity contribution is 5.71. The molecule has 0 aromatic heterocycles. The summed E-state index contributed by atoms with van der Waals surface area (Å²) in [6.07, 6.45) is -2.62. The molecule has 0 aliphatic carbocycles. The van der Waals surface area contributed by atoms with Gasteiger partial charge in [0.05, 0.1) is 19.2 Å². The smallest absolute Gasteiger partial charge is 0.320 e. The van der Waals surface area contributed by atoms with Crippen LogP contribution in [-0.2, 0) is 9.53 Å². The molecule has 0 fully saturated rings. The van der Waals surface area contributed by atoms with E-state index in [4.69, 9.17) is 4.74 Å². The number of hydrogen-bond donors (Lipinski definition) is 0. The average Bonchev–Trinajstić information content (AvgIpc) is 1.80. The van der Waals surface area contributed by atoms with Crippen molar-refractivity contribution in [3.63, 3.8) is 0 Å². The first kappa shape index (κ1) is 12.3. The van der Waals surface area contributed by atoms with Gasteiger partial charge in [0.25, 0.3) is 6.43 Å². The fraction of sp³-hybridized carbons (Fsp3) is 0.875. The Morgan fingerprint density at radius 3 is 2.38 bits per heavy atom. The minimum atomic E-state index is -2.42. The number of nitrogens with zero attached hydrogens (tertiary/aromatic N) is 1. The lowest BCUT2D eigenvalue weighted by Crippen LogP contribution is -2.32. The van der Waals surface area contributed by atoms with Crippen molar-refractivity contribution in [2.24, 2.45) is 0 Å². The number of ether oxygens (including phenoxy) is 1. The number of carbonyl (C=O) groups excluding carboxylic acids is 1. The van der Waals surface area contributed by atoms with Gasteiger partial charge in [0.2, 0.25) is 0 Å². The van der Waals surface area contributed by atoms with Crippen LogP contribution in [0.3, 0.4) is 0 Å². The van der Waals surface area contributed by atoms with Gasteiger partial charge in [-0.05, 0) is 20.9 Å². The summed E-state index contributed by atoms with van der Waals surface area (Å²) in [4.78, 5) is 12.2. The molecule has 5 heteroatoms. The lowest BCUT2D eigenvalue weighted by atomic mass is 10.4. The van der Waals surface area contributed by atoms with Crippen LogP contribution in [0.5, 0.6) is 0 Å². The van der Waals surface area contributed by atoms with E-state index < -0.39 is 18.9 Å². The molecule has 0 saturated heterocycles. The van der Waals surface area contributed by atoms with Crippen molar-refractivity contribution in [3.8, 4) is 0 Å². The van der Waals surface area contributed by atoms with Crippen LogP contribution in [0.1, 0.15) is 13.8 Å². The number of likely N-dealkylation sites (N-methyl/N-ethyl adjacent to an activating group) is 1. The number of esters is 1. The first-order valence-corrected chi connectivity index (χ1v) is 4.08. The predicted octanol–water partition coefficient (Wildman–Crippen LogP) is 1.13. The average molecular weight is 195 g/mol.